The van der Waals surface area contributed by atoms with Crippen LogP contribution in [0.15, 0.2) is 24.3 Å². The van der Waals surface area contributed by atoms with E-state index < -0.39 is 27.3 Å². The summed E-state index contributed by atoms with van der Waals surface area (Å²) in [5.74, 6) is -0.953. The highest BCUT2D eigenvalue weighted by Crippen LogP contribution is 2.27. The van der Waals surface area contributed by atoms with E-state index in [1.807, 2.05) is 0 Å². The summed E-state index contributed by atoms with van der Waals surface area (Å²) < 4.78 is 30.5. The van der Waals surface area contributed by atoms with Crippen LogP contribution in [0.4, 0.5) is 5.69 Å². The van der Waals surface area contributed by atoms with E-state index in [0.29, 0.717) is 0 Å². The number of para-hydroxylation sites is 2. The zero-order valence-electron chi connectivity index (χ0n) is 11.0. The first kappa shape index (κ1) is 15.3. The van der Waals surface area contributed by atoms with Gasteiger partial charge in [0.15, 0.2) is 6.61 Å². The molecule has 2 N–H and O–H groups in total. The summed E-state index contributed by atoms with van der Waals surface area (Å²) in [7, 11) is -3.59. The molecule has 106 valence electrons. The van der Waals surface area contributed by atoms with E-state index in [2.05, 4.69) is 4.72 Å². The van der Waals surface area contributed by atoms with Crippen LogP contribution in [0.1, 0.15) is 20.8 Å². The largest absolute Gasteiger partial charge is 0.480 e. The predicted molar refractivity (Wildman–Crippen MR) is 71.9 cm³/mol. The first-order chi connectivity index (χ1) is 8.63. The van der Waals surface area contributed by atoms with Crippen LogP contribution < -0.4 is 9.46 Å². The van der Waals surface area contributed by atoms with Gasteiger partial charge in [0.1, 0.15) is 5.75 Å². The van der Waals surface area contributed by atoms with Gasteiger partial charge in [-0.1, -0.05) is 12.1 Å². The highest BCUT2D eigenvalue weighted by Gasteiger charge is 2.29. The van der Waals surface area contributed by atoms with Gasteiger partial charge in [0.05, 0.1) is 10.4 Å². The number of carboxylic acids is 1. The van der Waals surface area contributed by atoms with Crippen LogP contribution in [0.25, 0.3) is 0 Å². The summed E-state index contributed by atoms with van der Waals surface area (Å²) in [5.41, 5.74) is 0.221. The number of nitrogens with one attached hydrogen (secondary N) is 1. The van der Waals surface area contributed by atoms with Crippen LogP contribution in [0, 0.1) is 0 Å². The second-order valence-electron chi connectivity index (χ2n) is 4.90. The predicted octanol–water partition coefficient (Wildman–Crippen LogP) is 1.69. The van der Waals surface area contributed by atoms with Crippen LogP contribution in [-0.4, -0.2) is 30.8 Å². The molecule has 1 aromatic rings. The summed E-state index contributed by atoms with van der Waals surface area (Å²) in [5, 5.41) is 8.56. The van der Waals surface area contributed by atoms with Crippen molar-refractivity contribution in [3.05, 3.63) is 24.3 Å². The van der Waals surface area contributed by atoms with Crippen molar-refractivity contribution >= 4 is 21.7 Å². The second kappa shape index (κ2) is 5.48. The molecule has 0 aromatic heterocycles. The minimum absolute atomic E-state index is 0.178. The number of anilines is 1. The van der Waals surface area contributed by atoms with Crippen molar-refractivity contribution in [3.8, 4) is 5.75 Å². The Morgan fingerprint density at radius 3 is 2.42 bits per heavy atom. The molecule has 0 aliphatic rings. The summed E-state index contributed by atoms with van der Waals surface area (Å²) in [6.07, 6.45) is 0. The fourth-order valence-electron chi connectivity index (χ4n) is 1.11. The average Bonchev–Trinajstić information content (AvgIpc) is 2.25. The highest BCUT2D eigenvalue weighted by molar-refractivity contribution is 7.94. The van der Waals surface area contributed by atoms with Crippen LogP contribution in [-0.2, 0) is 14.8 Å². The van der Waals surface area contributed by atoms with Crippen molar-refractivity contribution in [1.82, 2.24) is 0 Å². The Kier molecular flexibility index (Phi) is 4.41. The molecule has 7 heteroatoms. The van der Waals surface area contributed by atoms with Crippen LogP contribution in [0.5, 0.6) is 5.75 Å². The fourth-order valence-corrected chi connectivity index (χ4v) is 1.88. The summed E-state index contributed by atoms with van der Waals surface area (Å²) in [4.78, 5) is 10.5. The first-order valence-corrected chi connectivity index (χ1v) is 7.08. The lowest BCUT2D eigenvalue weighted by atomic mass is 10.3. The summed E-state index contributed by atoms with van der Waals surface area (Å²) >= 11 is 0. The molecule has 0 heterocycles. The molecule has 0 atom stereocenters. The molecule has 1 rings (SSSR count). The lowest BCUT2D eigenvalue weighted by Crippen LogP contribution is -2.33. The van der Waals surface area contributed by atoms with Gasteiger partial charge >= 0.3 is 5.97 Å². The first-order valence-electron chi connectivity index (χ1n) is 5.59. The number of carboxylic acid groups (broad SMARTS) is 1. The van der Waals surface area contributed by atoms with E-state index in [-0.39, 0.29) is 11.4 Å². The molecule has 0 amide bonds. The van der Waals surface area contributed by atoms with E-state index in [1.54, 1.807) is 32.9 Å². The Bertz CT molecular complexity index is 560. The molecule has 19 heavy (non-hydrogen) atoms. The third-order valence-corrected chi connectivity index (χ3v) is 4.39. The van der Waals surface area contributed by atoms with E-state index in [0.717, 1.165) is 0 Å². The molecular weight excluding hydrogens is 270 g/mol. The van der Waals surface area contributed by atoms with E-state index in [4.69, 9.17) is 9.84 Å². The van der Waals surface area contributed by atoms with Gasteiger partial charge in [0.2, 0.25) is 10.0 Å². The Hall–Kier alpha value is -1.76. The summed E-state index contributed by atoms with van der Waals surface area (Å²) in [6.45, 7) is 4.16. The van der Waals surface area contributed by atoms with Crippen molar-refractivity contribution < 1.29 is 23.1 Å². The van der Waals surface area contributed by atoms with Crippen LogP contribution >= 0.6 is 0 Å². The molecule has 0 radical (unpaired) electrons. The maximum absolute atomic E-state index is 12.0. The molecule has 0 fully saturated rings. The molecule has 0 saturated heterocycles. The third kappa shape index (κ3) is 4.13. The van der Waals surface area contributed by atoms with Gasteiger partial charge in [-0.3, -0.25) is 4.72 Å². The number of ether oxygens (including phenoxy) is 1. The number of hydrogen-bond acceptors (Lipinski definition) is 4. The summed E-state index contributed by atoms with van der Waals surface area (Å²) in [6, 6.07) is 6.28. The van der Waals surface area contributed by atoms with Crippen LogP contribution in [0.2, 0.25) is 0 Å². The van der Waals surface area contributed by atoms with Crippen molar-refractivity contribution in [1.29, 1.82) is 0 Å². The Balaban J connectivity index is 2.99. The second-order valence-corrected chi connectivity index (χ2v) is 7.33. The van der Waals surface area contributed by atoms with Gasteiger partial charge in [-0.05, 0) is 32.9 Å². The third-order valence-electron chi connectivity index (χ3n) is 2.29. The smallest absolute Gasteiger partial charge is 0.341 e. The van der Waals surface area contributed by atoms with E-state index in [9.17, 15) is 13.2 Å². The maximum Gasteiger partial charge on any atom is 0.341 e. The maximum atomic E-state index is 12.0. The lowest BCUT2D eigenvalue weighted by molar-refractivity contribution is -0.139. The standard InChI is InChI=1S/C12H17NO5S/c1-12(2,3)19(16,17)13-9-6-4-5-7-10(9)18-8-11(14)15/h4-7,13H,8H2,1-3H3,(H,14,15). The van der Waals surface area contributed by atoms with Gasteiger partial charge in [-0.25, -0.2) is 13.2 Å². The van der Waals surface area contributed by atoms with Gasteiger partial charge in [0.25, 0.3) is 0 Å². The van der Waals surface area contributed by atoms with E-state index >= 15 is 0 Å². The Morgan fingerprint density at radius 1 is 1.32 bits per heavy atom. The van der Waals surface area contributed by atoms with Crippen LogP contribution in [0.3, 0.4) is 0 Å². The SMILES string of the molecule is CC(C)(C)S(=O)(=O)Nc1ccccc1OCC(=O)O. The number of carbonyl (C=O) groups is 1. The zero-order chi connectivity index (χ0) is 14.7. The monoisotopic (exact) mass is 287 g/mol. The molecule has 0 bridgehead atoms. The Labute approximate surface area is 112 Å². The molecule has 0 spiro atoms. The highest BCUT2D eigenvalue weighted by atomic mass is 32.2. The quantitative estimate of drug-likeness (QED) is 0.859. The van der Waals surface area contributed by atoms with Crippen molar-refractivity contribution in [2.24, 2.45) is 0 Å². The fraction of sp³-hybridized carbons (Fsp3) is 0.417. The van der Waals surface area contributed by atoms with Gasteiger partial charge in [0, 0.05) is 0 Å². The molecule has 6 nitrogen and oxygen atoms in total. The molecule has 0 unspecified atom stereocenters. The number of rotatable bonds is 5. The molecule has 0 saturated carbocycles. The zero-order valence-corrected chi connectivity index (χ0v) is 11.8. The van der Waals surface area contributed by atoms with Crippen molar-refractivity contribution in [2.45, 2.75) is 25.5 Å². The molecular formula is C12H17NO5S. The minimum Gasteiger partial charge on any atom is -0.480 e. The number of aliphatic carboxylic acids is 1. The topological polar surface area (TPSA) is 92.7 Å². The van der Waals surface area contributed by atoms with E-state index in [1.165, 1.54) is 12.1 Å². The molecule has 0 aliphatic heterocycles. The normalized spacial score (nSPS) is 11.9. The van der Waals surface area contributed by atoms with Crippen molar-refractivity contribution in [2.75, 3.05) is 11.3 Å². The van der Waals surface area contributed by atoms with Gasteiger partial charge < -0.3 is 9.84 Å². The minimum atomic E-state index is -3.59. The number of hydrogen-bond donors (Lipinski definition) is 2. The lowest BCUT2D eigenvalue weighted by Gasteiger charge is -2.21. The number of benzene rings is 1. The number of sulfonamides is 1. The average molecular weight is 287 g/mol. The van der Waals surface area contributed by atoms with Gasteiger partial charge in [-0.15, -0.1) is 0 Å². The van der Waals surface area contributed by atoms with Crippen molar-refractivity contribution in [3.63, 3.8) is 0 Å². The molecule has 0 aliphatic carbocycles. The van der Waals surface area contributed by atoms with Gasteiger partial charge in [-0.2, -0.15) is 0 Å². The Morgan fingerprint density at radius 2 is 1.89 bits per heavy atom. The molecule has 1 aromatic carbocycles.